The molecule has 29 heavy (non-hydrogen) atoms. The van der Waals surface area contributed by atoms with Crippen molar-refractivity contribution in [2.45, 2.75) is 45.4 Å². The third-order valence-electron chi connectivity index (χ3n) is 6.11. The molecule has 0 fully saturated rings. The summed E-state index contributed by atoms with van der Waals surface area (Å²) < 4.78 is 0. The minimum Gasteiger partial charge on any atom is -0.103 e. The van der Waals surface area contributed by atoms with E-state index in [2.05, 4.69) is 101 Å². The quantitative estimate of drug-likeness (QED) is 0.350. The molecule has 0 aliphatic heterocycles. The Labute approximate surface area is 176 Å². The van der Waals surface area contributed by atoms with Crippen LogP contribution in [0.25, 0.3) is 11.1 Å². The molecule has 0 aliphatic carbocycles. The first-order chi connectivity index (χ1) is 14.0. The fourth-order valence-electron chi connectivity index (χ4n) is 4.13. The molecule has 0 saturated heterocycles. The first-order valence-corrected chi connectivity index (χ1v) is 10.5. The third kappa shape index (κ3) is 4.59. The summed E-state index contributed by atoms with van der Waals surface area (Å²) in [6, 6.07) is 24.3. The smallest absolute Gasteiger partial charge is 0.0135 e. The molecular formula is C29H32. The van der Waals surface area contributed by atoms with Gasteiger partial charge in [-0.3, -0.25) is 0 Å². The van der Waals surface area contributed by atoms with E-state index in [0.29, 0.717) is 0 Å². The standard InChI is InChI=1S/C29H32/c1-6-20-29(5,7-2)25-15-11-14-24(21-25)18-19-27-23(4)13-10-17-28(27)26-16-9-8-12-22(26)3/h6-17,21H,1-2,18-20H2,3-5H3. The number of hydrogen-bond acceptors (Lipinski definition) is 0. The monoisotopic (exact) mass is 380 g/mol. The van der Waals surface area contributed by atoms with E-state index in [0.717, 1.165) is 19.3 Å². The van der Waals surface area contributed by atoms with Gasteiger partial charge in [-0.2, -0.15) is 0 Å². The van der Waals surface area contributed by atoms with E-state index in [9.17, 15) is 0 Å². The maximum Gasteiger partial charge on any atom is 0.0135 e. The summed E-state index contributed by atoms with van der Waals surface area (Å²) in [4.78, 5) is 0. The van der Waals surface area contributed by atoms with Gasteiger partial charge in [-0.25, -0.2) is 0 Å². The van der Waals surface area contributed by atoms with E-state index in [1.165, 1.54) is 38.9 Å². The fraction of sp³-hybridized carbons (Fsp3) is 0.241. The van der Waals surface area contributed by atoms with Crippen molar-refractivity contribution in [2.24, 2.45) is 0 Å². The molecule has 1 unspecified atom stereocenters. The van der Waals surface area contributed by atoms with Crippen LogP contribution in [0.2, 0.25) is 0 Å². The second kappa shape index (κ2) is 9.09. The molecule has 3 rings (SSSR count). The van der Waals surface area contributed by atoms with E-state index < -0.39 is 0 Å². The minimum absolute atomic E-state index is 0.0628. The summed E-state index contributed by atoms with van der Waals surface area (Å²) in [5.41, 5.74) is 9.47. The normalized spacial score (nSPS) is 12.9. The van der Waals surface area contributed by atoms with Crippen LogP contribution in [-0.2, 0) is 18.3 Å². The van der Waals surface area contributed by atoms with Crippen LogP contribution in [0.3, 0.4) is 0 Å². The zero-order valence-corrected chi connectivity index (χ0v) is 18.0. The van der Waals surface area contributed by atoms with Crippen molar-refractivity contribution in [3.05, 3.63) is 120 Å². The van der Waals surface area contributed by atoms with Crippen molar-refractivity contribution >= 4 is 0 Å². The SMILES string of the molecule is C=CCC(C)(C=C)c1cccc(CCc2c(C)cccc2-c2ccccc2C)c1. The molecule has 0 nitrogen and oxygen atoms in total. The van der Waals surface area contributed by atoms with Gasteiger partial charge in [0.2, 0.25) is 0 Å². The van der Waals surface area contributed by atoms with Crippen LogP contribution in [0.15, 0.2) is 92.0 Å². The van der Waals surface area contributed by atoms with Crippen molar-refractivity contribution in [3.8, 4) is 11.1 Å². The molecule has 0 bridgehead atoms. The lowest BCUT2D eigenvalue weighted by atomic mass is 9.79. The lowest BCUT2D eigenvalue weighted by molar-refractivity contribution is 0.606. The summed E-state index contributed by atoms with van der Waals surface area (Å²) in [5, 5.41) is 0. The predicted molar refractivity (Wildman–Crippen MR) is 128 cm³/mol. The summed E-state index contributed by atoms with van der Waals surface area (Å²) in [6.45, 7) is 14.7. The molecule has 0 saturated carbocycles. The number of allylic oxidation sites excluding steroid dienone is 2. The highest BCUT2D eigenvalue weighted by Crippen LogP contribution is 2.32. The Kier molecular flexibility index (Phi) is 6.54. The maximum atomic E-state index is 4.07. The Morgan fingerprint density at radius 3 is 2.21 bits per heavy atom. The van der Waals surface area contributed by atoms with Gasteiger partial charge < -0.3 is 0 Å². The van der Waals surface area contributed by atoms with Crippen LogP contribution in [0.4, 0.5) is 0 Å². The van der Waals surface area contributed by atoms with Crippen LogP contribution < -0.4 is 0 Å². The molecule has 0 spiro atoms. The second-order valence-electron chi connectivity index (χ2n) is 8.23. The van der Waals surface area contributed by atoms with E-state index in [4.69, 9.17) is 0 Å². The molecule has 0 radical (unpaired) electrons. The second-order valence-corrected chi connectivity index (χ2v) is 8.23. The van der Waals surface area contributed by atoms with Crippen molar-refractivity contribution in [3.63, 3.8) is 0 Å². The van der Waals surface area contributed by atoms with Crippen molar-refractivity contribution < 1.29 is 0 Å². The Morgan fingerprint density at radius 1 is 0.793 bits per heavy atom. The average molecular weight is 381 g/mol. The molecule has 0 heterocycles. The van der Waals surface area contributed by atoms with Crippen LogP contribution in [0.1, 0.15) is 41.2 Å². The lowest BCUT2D eigenvalue weighted by Crippen LogP contribution is -2.17. The zero-order chi connectivity index (χ0) is 20.9. The van der Waals surface area contributed by atoms with Gasteiger partial charge >= 0.3 is 0 Å². The number of rotatable bonds is 8. The van der Waals surface area contributed by atoms with Gasteiger partial charge in [-0.15, -0.1) is 13.2 Å². The Hall–Kier alpha value is -2.86. The third-order valence-corrected chi connectivity index (χ3v) is 6.11. The van der Waals surface area contributed by atoms with Crippen LogP contribution in [0.5, 0.6) is 0 Å². The molecule has 3 aromatic rings. The van der Waals surface area contributed by atoms with E-state index in [1.54, 1.807) is 0 Å². The van der Waals surface area contributed by atoms with Gasteiger partial charge in [0.25, 0.3) is 0 Å². The van der Waals surface area contributed by atoms with Crippen LogP contribution >= 0.6 is 0 Å². The number of benzene rings is 3. The molecule has 0 amide bonds. The summed E-state index contributed by atoms with van der Waals surface area (Å²) in [7, 11) is 0. The average Bonchev–Trinajstić information content (AvgIpc) is 2.73. The Morgan fingerprint density at radius 2 is 1.48 bits per heavy atom. The molecule has 0 aromatic heterocycles. The highest BCUT2D eigenvalue weighted by molar-refractivity contribution is 5.71. The molecule has 148 valence electrons. The summed E-state index contributed by atoms with van der Waals surface area (Å²) in [6.07, 6.45) is 6.99. The first-order valence-electron chi connectivity index (χ1n) is 10.5. The molecule has 0 N–H and O–H groups in total. The summed E-state index contributed by atoms with van der Waals surface area (Å²) >= 11 is 0. The molecule has 0 aliphatic rings. The molecule has 3 aromatic carbocycles. The van der Waals surface area contributed by atoms with E-state index >= 15 is 0 Å². The van der Waals surface area contributed by atoms with Gasteiger partial charge in [0.05, 0.1) is 0 Å². The maximum absolute atomic E-state index is 4.07. The van der Waals surface area contributed by atoms with Gasteiger partial charge in [0, 0.05) is 5.41 Å². The van der Waals surface area contributed by atoms with E-state index in [1.807, 2.05) is 12.2 Å². The Bertz CT molecular complexity index is 1010. The highest BCUT2D eigenvalue weighted by Gasteiger charge is 2.21. The molecule has 1 atom stereocenters. The predicted octanol–water partition coefficient (Wildman–Crippen LogP) is 7.78. The Balaban J connectivity index is 1.90. The fourth-order valence-corrected chi connectivity index (χ4v) is 4.13. The zero-order valence-electron chi connectivity index (χ0n) is 18.0. The topological polar surface area (TPSA) is 0 Å². The van der Waals surface area contributed by atoms with Gasteiger partial charge in [-0.1, -0.05) is 85.8 Å². The number of hydrogen-bond donors (Lipinski definition) is 0. The van der Waals surface area contributed by atoms with Crippen LogP contribution in [-0.4, -0.2) is 0 Å². The minimum atomic E-state index is -0.0628. The van der Waals surface area contributed by atoms with E-state index in [-0.39, 0.29) is 5.41 Å². The van der Waals surface area contributed by atoms with Crippen molar-refractivity contribution in [2.75, 3.05) is 0 Å². The van der Waals surface area contributed by atoms with Crippen molar-refractivity contribution in [1.82, 2.24) is 0 Å². The van der Waals surface area contributed by atoms with Gasteiger partial charge in [0.1, 0.15) is 0 Å². The van der Waals surface area contributed by atoms with Gasteiger partial charge in [-0.05, 0) is 72.1 Å². The van der Waals surface area contributed by atoms with Gasteiger partial charge in [0.15, 0.2) is 0 Å². The highest BCUT2D eigenvalue weighted by atomic mass is 14.2. The molecular weight excluding hydrogens is 348 g/mol. The summed E-state index contributed by atoms with van der Waals surface area (Å²) in [5.74, 6) is 0. The first kappa shape index (κ1) is 20.9. The van der Waals surface area contributed by atoms with Crippen LogP contribution in [0, 0.1) is 13.8 Å². The van der Waals surface area contributed by atoms with Crippen molar-refractivity contribution in [1.29, 1.82) is 0 Å². The largest absolute Gasteiger partial charge is 0.103 e. The molecule has 0 heteroatoms. The lowest BCUT2D eigenvalue weighted by Gasteiger charge is -2.25. The number of aryl methyl sites for hydroxylation is 3.